The average molecular weight is 902 g/mol. The highest BCUT2D eigenvalue weighted by Gasteiger charge is 2.45. The van der Waals surface area contributed by atoms with E-state index in [1.54, 1.807) is 49.1 Å². The van der Waals surface area contributed by atoms with Crippen LogP contribution in [0, 0.1) is 27.7 Å². The van der Waals surface area contributed by atoms with E-state index in [-0.39, 0.29) is 24.0 Å². The van der Waals surface area contributed by atoms with Gasteiger partial charge in [-0.1, -0.05) is 27.7 Å². The van der Waals surface area contributed by atoms with Crippen molar-refractivity contribution >= 4 is 36.8 Å². The predicted molar refractivity (Wildman–Crippen MR) is 249 cm³/mol. The van der Waals surface area contributed by atoms with E-state index in [2.05, 4.69) is 43.3 Å². The number of anilines is 2. The maximum atomic E-state index is 13.3. The Bertz CT molecular complexity index is 2190. The second-order valence-corrected chi connectivity index (χ2v) is 16.5. The van der Waals surface area contributed by atoms with Gasteiger partial charge in [0.2, 0.25) is 23.9 Å². The molecule has 0 saturated heterocycles. The molecule has 15 nitrogen and oxygen atoms in total. The zero-order chi connectivity index (χ0) is 48.6. The summed E-state index contributed by atoms with van der Waals surface area (Å²) in [5.41, 5.74) is 5.54. The van der Waals surface area contributed by atoms with Crippen LogP contribution in [-0.4, -0.2) is 59.4 Å². The molecule has 0 bridgehead atoms. The van der Waals surface area contributed by atoms with Crippen molar-refractivity contribution in [2.75, 3.05) is 10.6 Å². The molecule has 65 heavy (non-hydrogen) atoms. The average Bonchev–Trinajstić information content (AvgIpc) is 3.82. The highest BCUT2D eigenvalue weighted by molar-refractivity contribution is 6.08. The Kier molecular flexibility index (Phi) is 19.6. The minimum Gasteiger partial charge on any atom is -0.487 e. The Hall–Kier alpha value is -6.38. The predicted octanol–water partition coefficient (Wildman–Crippen LogP) is 10.4. The van der Waals surface area contributed by atoms with Crippen molar-refractivity contribution in [1.29, 1.82) is 0 Å². The minimum absolute atomic E-state index is 0.0214. The van der Waals surface area contributed by atoms with Gasteiger partial charge in [0.1, 0.15) is 13.6 Å². The number of carbonyl (C=O) groups excluding carboxylic acids is 4. The molecule has 4 aromatic rings. The molecule has 4 heterocycles. The Morgan fingerprint density at radius 1 is 0.600 bits per heavy atom. The molecule has 354 valence electrons. The second-order valence-electron chi connectivity index (χ2n) is 16.5. The van der Waals surface area contributed by atoms with E-state index < -0.39 is 11.6 Å². The van der Waals surface area contributed by atoms with Crippen molar-refractivity contribution in [3.63, 3.8) is 0 Å². The molecule has 0 fully saturated rings. The monoisotopic (exact) mass is 901 g/mol. The number of amides is 2. The quantitative estimate of drug-likeness (QED) is 0.0715. The summed E-state index contributed by atoms with van der Waals surface area (Å²) < 4.78 is 38.3. The van der Waals surface area contributed by atoms with Crippen molar-refractivity contribution in [2.45, 2.75) is 158 Å². The first-order valence-electron chi connectivity index (χ1n) is 22.3. The lowest BCUT2D eigenvalue weighted by Crippen LogP contribution is -2.38. The molecule has 2 aromatic heterocycles. The van der Waals surface area contributed by atoms with E-state index in [4.69, 9.17) is 38.0 Å². The van der Waals surface area contributed by atoms with Gasteiger partial charge in [0.05, 0.1) is 29.0 Å². The van der Waals surface area contributed by atoms with Crippen LogP contribution in [0.1, 0.15) is 150 Å². The first-order chi connectivity index (χ1) is 31.0. The van der Waals surface area contributed by atoms with E-state index in [9.17, 15) is 14.8 Å². The molecule has 0 unspecified atom stereocenters. The number of aryl methyl sites for hydroxylation is 4. The summed E-state index contributed by atoms with van der Waals surface area (Å²) in [6, 6.07) is 7.01. The van der Waals surface area contributed by atoms with Crippen LogP contribution in [0.3, 0.4) is 0 Å². The zero-order valence-electron chi connectivity index (χ0n) is 40.3. The number of hydrogen-bond acceptors (Lipinski definition) is 12. The van der Waals surface area contributed by atoms with Crippen LogP contribution in [0.25, 0.3) is 0 Å². The van der Waals surface area contributed by atoms with Gasteiger partial charge in [-0.15, -0.1) is 0 Å². The third-order valence-electron chi connectivity index (χ3n) is 10.3. The molecule has 0 atom stereocenters. The standard InChI is InChI=1S/C24H32N2O5.C24H32N2O4.2CH2O/c1-7-11-24(12-8-2)30-21-18(9-10-19(22(21)31-24)29-15(3)4)23(27)25-20-16(5)13-26(28)14-17(20)6;1-7-11-24(12-8-2)29-21-18(9-10-19(22(21)30-24)28-15(3)4)23(27)26-20-16(5)13-25-14-17(20)6;2*1-2/h9-10,13-15,28H,7-8,11-12H2,1-6H3;9-10,13-15H,7-8,11-12H2,1-6H3,(H,25,26,27);2*1H2/p+1. The molecule has 3 N–H and O–H groups in total. The highest BCUT2D eigenvalue weighted by atomic mass is 16.7. The highest BCUT2D eigenvalue weighted by Crippen LogP contribution is 2.52. The van der Waals surface area contributed by atoms with E-state index in [0.717, 1.165) is 71.2 Å². The second kappa shape index (κ2) is 24.1. The van der Waals surface area contributed by atoms with Gasteiger partial charge in [0.15, 0.2) is 23.0 Å². The van der Waals surface area contributed by atoms with Gasteiger partial charge in [-0.2, -0.15) is 0 Å². The number of nitrogens with one attached hydrogen (secondary N) is 2. The fourth-order valence-electron chi connectivity index (χ4n) is 7.83. The van der Waals surface area contributed by atoms with E-state index in [0.29, 0.717) is 64.2 Å². The zero-order valence-corrected chi connectivity index (χ0v) is 40.3. The van der Waals surface area contributed by atoms with Crippen LogP contribution in [0.4, 0.5) is 11.4 Å². The topological polar surface area (TPSA) is 185 Å². The molecule has 2 aliphatic heterocycles. The summed E-state index contributed by atoms with van der Waals surface area (Å²) in [7, 11) is 0. The van der Waals surface area contributed by atoms with Crippen LogP contribution in [0.15, 0.2) is 49.1 Å². The number of benzene rings is 2. The van der Waals surface area contributed by atoms with Gasteiger partial charge in [-0.3, -0.25) is 19.8 Å². The van der Waals surface area contributed by atoms with E-state index >= 15 is 0 Å². The third kappa shape index (κ3) is 12.9. The number of ether oxygens (including phenoxy) is 6. The van der Waals surface area contributed by atoms with E-state index in [1.165, 1.54) is 0 Å². The Labute approximate surface area is 384 Å². The normalized spacial score (nSPS) is 13.3. The molecule has 0 aliphatic carbocycles. The number of carbonyl (C=O) groups is 4. The first kappa shape index (κ1) is 53.0. The molecule has 2 amide bonds. The van der Waals surface area contributed by atoms with Gasteiger partial charge in [0, 0.05) is 59.6 Å². The largest absolute Gasteiger partial charge is 0.487 e. The number of hydrogen-bond donors (Lipinski definition) is 3. The number of pyridine rings is 2. The van der Waals surface area contributed by atoms with Gasteiger partial charge >= 0.3 is 0 Å². The van der Waals surface area contributed by atoms with Crippen LogP contribution < -0.4 is 43.8 Å². The molecular weight excluding hydrogens is 833 g/mol. The fraction of sp³-hybridized carbons (Fsp3) is 0.480. The van der Waals surface area contributed by atoms with Crippen molar-refractivity contribution in [2.24, 2.45) is 0 Å². The van der Waals surface area contributed by atoms with Crippen LogP contribution >= 0.6 is 0 Å². The van der Waals surface area contributed by atoms with Crippen LogP contribution in [-0.2, 0) is 9.59 Å². The number of aromatic nitrogens is 2. The summed E-state index contributed by atoms with van der Waals surface area (Å²) in [5, 5.41) is 15.7. The Morgan fingerprint density at radius 2 is 0.923 bits per heavy atom. The lowest BCUT2D eigenvalue weighted by molar-refractivity contribution is -0.905. The minimum atomic E-state index is -0.793. The molecule has 0 saturated carbocycles. The van der Waals surface area contributed by atoms with Crippen molar-refractivity contribution < 1.29 is 57.5 Å². The van der Waals surface area contributed by atoms with Crippen LogP contribution in [0.2, 0.25) is 0 Å². The lowest BCUT2D eigenvalue weighted by Gasteiger charge is -2.27. The van der Waals surface area contributed by atoms with Crippen molar-refractivity contribution in [1.82, 2.24) is 4.98 Å². The van der Waals surface area contributed by atoms with Gasteiger partial charge in [-0.25, -0.2) is 0 Å². The van der Waals surface area contributed by atoms with E-state index in [1.807, 2.05) is 69.0 Å². The smallest absolute Gasteiger partial charge is 0.259 e. The SMILES string of the molecule is C=O.C=O.CCCC1(CCC)Oc2c(OC(C)C)ccc(C(=O)Nc3c(C)c[n+](O)cc3C)c2O1.CCCC1(CCC)Oc2c(OC(C)C)ccc(C(=O)Nc3c(C)cncc3C)c2O1. The van der Waals surface area contributed by atoms with Gasteiger partial charge in [0.25, 0.3) is 23.4 Å². The van der Waals surface area contributed by atoms with Crippen molar-refractivity contribution in [3.05, 3.63) is 82.4 Å². The molecule has 0 radical (unpaired) electrons. The Morgan fingerprint density at radius 3 is 1.25 bits per heavy atom. The summed E-state index contributed by atoms with van der Waals surface area (Å²) in [6.07, 6.45) is 13.0. The maximum Gasteiger partial charge on any atom is 0.259 e. The van der Waals surface area contributed by atoms with Gasteiger partial charge in [-0.05, 0) is 116 Å². The summed E-state index contributed by atoms with van der Waals surface area (Å²) in [5.74, 6) is 0.940. The summed E-state index contributed by atoms with van der Waals surface area (Å²) in [6.45, 7) is 27.7. The summed E-state index contributed by atoms with van der Waals surface area (Å²) in [4.78, 5) is 46.7. The molecule has 0 spiro atoms. The van der Waals surface area contributed by atoms with Gasteiger partial charge < -0.3 is 48.6 Å². The third-order valence-corrected chi connectivity index (χ3v) is 10.3. The van der Waals surface area contributed by atoms with Crippen LogP contribution in [0.5, 0.6) is 34.5 Å². The molecule has 2 aromatic carbocycles. The lowest BCUT2D eigenvalue weighted by atomic mass is 10.1. The Balaban J connectivity index is 0.000000321. The van der Waals surface area contributed by atoms with Crippen molar-refractivity contribution in [3.8, 4) is 34.5 Å². The number of fused-ring (bicyclic) bond motifs is 2. The molecule has 2 aliphatic rings. The fourth-order valence-corrected chi connectivity index (χ4v) is 7.83. The molecular formula is C50H69N4O11+. The number of rotatable bonds is 16. The molecule has 15 heteroatoms. The first-order valence-corrected chi connectivity index (χ1v) is 22.3. The summed E-state index contributed by atoms with van der Waals surface area (Å²) >= 11 is 0. The number of nitrogens with zero attached hydrogens (tertiary/aromatic N) is 2. The molecule has 6 rings (SSSR count). The maximum absolute atomic E-state index is 13.3.